The van der Waals surface area contributed by atoms with Crippen LogP contribution in [0, 0.1) is 0 Å². The highest BCUT2D eigenvalue weighted by Gasteiger charge is 2.10. The van der Waals surface area contributed by atoms with Gasteiger partial charge in [-0.15, -0.1) is 0 Å². The number of pyridine rings is 1. The van der Waals surface area contributed by atoms with Crippen LogP contribution in [0.3, 0.4) is 0 Å². The molecule has 0 aliphatic heterocycles. The Kier molecular flexibility index (Phi) is 3.80. The van der Waals surface area contributed by atoms with E-state index in [1.807, 2.05) is 0 Å². The molecule has 0 saturated carbocycles. The van der Waals surface area contributed by atoms with Crippen molar-refractivity contribution in [1.29, 1.82) is 0 Å². The molecule has 0 spiro atoms. The number of aryl methyl sites for hydroxylation is 1. The molecule has 0 radical (unpaired) electrons. The maximum absolute atomic E-state index is 12.3. The molecule has 2 N–H and O–H groups in total. The Hall–Kier alpha value is -3.16. The molecule has 3 heterocycles. The molecule has 3 aromatic heterocycles. The van der Waals surface area contributed by atoms with Gasteiger partial charge < -0.3 is 9.88 Å². The van der Waals surface area contributed by atoms with E-state index in [1.165, 1.54) is 6.20 Å². The van der Waals surface area contributed by atoms with Gasteiger partial charge in [0.1, 0.15) is 11.3 Å². The Bertz CT molecular complexity index is 982. The summed E-state index contributed by atoms with van der Waals surface area (Å²) >= 11 is 0. The van der Waals surface area contributed by atoms with E-state index in [0.29, 0.717) is 11.1 Å². The molecule has 3 rings (SSSR count). The first kappa shape index (κ1) is 14.8. The molecule has 0 saturated heterocycles. The van der Waals surface area contributed by atoms with Crippen LogP contribution in [0.2, 0.25) is 0 Å². The van der Waals surface area contributed by atoms with Crippen molar-refractivity contribution in [2.45, 2.75) is 6.54 Å². The van der Waals surface area contributed by atoms with E-state index in [9.17, 15) is 14.4 Å². The van der Waals surface area contributed by atoms with E-state index in [-0.39, 0.29) is 24.6 Å². The molecule has 23 heavy (non-hydrogen) atoms. The average molecular weight is 313 g/mol. The molecule has 0 aromatic carbocycles. The van der Waals surface area contributed by atoms with Gasteiger partial charge in [-0.25, -0.2) is 9.78 Å². The SMILES string of the molecule is Cn1cccc1C(=O)NCCn1c(=O)[nH]c2ncccc2c1=O. The van der Waals surface area contributed by atoms with E-state index in [0.717, 1.165) is 4.57 Å². The van der Waals surface area contributed by atoms with Gasteiger partial charge in [0.2, 0.25) is 0 Å². The lowest BCUT2D eigenvalue weighted by Crippen LogP contribution is -2.39. The topological polar surface area (TPSA) is 102 Å². The smallest absolute Gasteiger partial charge is 0.330 e. The van der Waals surface area contributed by atoms with Gasteiger partial charge >= 0.3 is 5.69 Å². The fraction of sp³-hybridized carbons (Fsp3) is 0.200. The van der Waals surface area contributed by atoms with Gasteiger partial charge in [-0.05, 0) is 24.3 Å². The monoisotopic (exact) mass is 313 g/mol. The number of hydrogen-bond acceptors (Lipinski definition) is 4. The molecule has 0 fully saturated rings. The number of nitrogens with zero attached hydrogens (tertiary/aromatic N) is 3. The number of carbonyl (C=O) groups excluding carboxylic acids is 1. The van der Waals surface area contributed by atoms with Crippen LogP contribution in [0.5, 0.6) is 0 Å². The first-order valence-electron chi connectivity index (χ1n) is 7.05. The van der Waals surface area contributed by atoms with Crippen molar-refractivity contribution in [3.8, 4) is 0 Å². The van der Waals surface area contributed by atoms with Crippen LogP contribution < -0.4 is 16.6 Å². The highest BCUT2D eigenvalue weighted by atomic mass is 16.2. The van der Waals surface area contributed by atoms with Gasteiger partial charge in [0.05, 0.1) is 5.39 Å². The Labute approximate surface area is 130 Å². The number of hydrogen-bond donors (Lipinski definition) is 2. The molecule has 0 unspecified atom stereocenters. The van der Waals surface area contributed by atoms with Crippen molar-refractivity contribution < 1.29 is 4.79 Å². The second-order valence-corrected chi connectivity index (χ2v) is 5.05. The number of aromatic nitrogens is 4. The Morgan fingerprint density at radius 2 is 2.13 bits per heavy atom. The highest BCUT2D eigenvalue weighted by molar-refractivity contribution is 5.92. The zero-order valence-electron chi connectivity index (χ0n) is 12.4. The number of rotatable bonds is 4. The van der Waals surface area contributed by atoms with Crippen LogP contribution in [0.25, 0.3) is 11.0 Å². The second kappa shape index (κ2) is 5.91. The van der Waals surface area contributed by atoms with Gasteiger partial charge in [0.15, 0.2) is 0 Å². The lowest BCUT2D eigenvalue weighted by atomic mass is 10.3. The fourth-order valence-corrected chi connectivity index (χ4v) is 2.36. The summed E-state index contributed by atoms with van der Waals surface area (Å²) < 4.78 is 2.74. The minimum Gasteiger partial charge on any atom is -0.349 e. The summed E-state index contributed by atoms with van der Waals surface area (Å²) in [6, 6.07) is 6.68. The van der Waals surface area contributed by atoms with Gasteiger partial charge in [-0.1, -0.05) is 0 Å². The summed E-state index contributed by atoms with van der Waals surface area (Å²) in [5.74, 6) is -0.260. The molecule has 118 valence electrons. The summed E-state index contributed by atoms with van der Waals surface area (Å²) in [5, 5.41) is 3.02. The van der Waals surface area contributed by atoms with Crippen molar-refractivity contribution in [3.63, 3.8) is 0 Å². The van der Waals surface area contributed by atoms with Crippen LogP contribution in [-0.2, 0) is 13.6 Å². The van der Waals surface area contributed by atoms with E-state index >= 15 is 0 Å². The number of fused-ring (bicyclic) bond motifs is 1. The summed E-state index contributed by atoms with van der Waals surface area (Å²) in [6.45, 7) is 0.244. The van der Waals surface area contributed by atoms with Gasteiger partial charge in [0, 0.05) is 32.5 Å². The molecular weight excluding hydrogens is 298 g/mol. The number of nitrogens with one attached hydrogen (secondary N) is 2. The number of amides is 1. The lowest BCUT2D eigenvalue weighted by Gasteiger charge is -2.08. The summed E-state index contributed by atoms with van der Waals surface area (Å²) in [7, 11) is 1.76. The second-order valence-electron chi connectivity index (χ2n) is 5.05. The van der Waals surface area contributed by atoms with E-state index in [4.69, 9.17) is 0 Å². The molecule has 3 aromatic rings. The van der Waals surface area contributed by atoms with E-state index in [2.05, 4.69) is 15.3 Å². The predicted octanol–water partition coefficient (Wildman–Crippen LogP) is -0.147. The van der Waals surface area contributed by atoms with Crippen molar-refractivity contribution in [2.75, 3.05) is 6.54 Å². The van der Waals surface area contributed by atoms with E-state index < -0.39 is 11.2 Å². The number of aromatic amines is 1. The quantitative estimate of drug-likeness (QED) is 0.699. The molecule has 8 nitrogen and oxygen atoms in total. The fourth-order valence-electron chi connectivity index (χ4n) is 2.36. The maximum Gasteiger partial charge on any atom is 0.330 e. The lowest BCUT2D eigenvalue weighted by molar-refractivity contribution is 0.0944. The molecule has 0 atom stereocenters. The minimum atomic E-state index is -0.547. The molecule has 0 bridgehead atoms. The maximum atomic E-state index is 12.3. The zero-order valence-corrected chi connectivity index (χ0v) is 12.4. The van der Waals surface area contributed by atoms with E-state index in [1.54, 1.807) is 42.1 Å². The first-order chi connectivity index (χ1) is 11.1. The largest absolute Gasteiger partial charge is 0.349 e. The Morgan fingerprint density at radius 1 is 1.30 bits per heavy atom. The van der Waals surface area contributed by atoms with Gasteiger partial charge in [-0.2, -0.15) is 0 Å². The third-order valence-corrected chi connectivity index (χ3v) is 3.55. The van der Waals surface area contributed by atoms with Crippen molar-refractivity contribution in [1.82, 2.24) is 24.4 Å². The van der Waals surface area contributed by atoms with Crippen molar-refractivity contribution >= 4 is 16.9 Å². The number of H-pyrrole nitrogens is 1. The standard InChI is InChI=1S/C15H15N5O3/c1-19-8-3-5-11(19)13(21)17-7-9-20-14(22)10-4-2-6-16-12(10)18-15(20)23/h2-6,8H,7,9H2,1H3,(H,17,21)(H,16,18,23). The molecule has 1 amide bonds. The molecule has 0 aliphatic carbocycles. The van der Waals surface area contributed by atoms with Gasteiger partial charge in [-0.3, -0.25) is 19.1 Å². The summed E-state index contributed by atoms with van der Waals surface area (Å²) in [4.78, 5) is 42.7. The zero-order chi connectivity index (χ0) is 16.4. The van der Waals surface area contributed by atoms with Crippen molar-refractivity contribution in [2.24, 2.45) is 7.05 Å². The minimum absolute atomic E-state index is 0.0785. The number of carbonyl (C=O) groups is 1. The van der Waals surface area contributed by atoms with Gasteiger partial charge in [0.25, 0.3) is 11.5 Å². The third-order valence-electron chi connectivity index (χ3n) is 3.55. The van der Waals surface area contributed by atoms with Crippen LogP contribution in [0.1, 0.15) is 10.5 Å². The average Bonchev–Trinajstić information content (AvgIpc) is 2.96. The Balaban J connectivity index is 1.78. The van der Waals surface area contributed by atoms with Crippen LogP contribution in [0.4, 0.5) is 0 Å². The normalized spacial score (nSPS) is 10.8. The third kappa shape index (κ3) is 2.78. The molecule has 8 heteroatoms. The molecule has 0 aliphatic rings. The summed E-state index contributed by atoms with van der Waals surface area (Å²) in [6.07, 6.45) is 3.27. The van der Waals surface area contributed by atoms with Crippen LogP contribution in [-0.4, -0.2) is 31.6 Å². The highest BCUT2D eigenvalue weighted by Crippen LogP contribution is 2.00. The molecular formula is C15H15N5O3. The Morgan fingerprint density at radius 3 is 2.87 bits per heavy atom. The summed E-state index contributed by atoms with van der Waals surface area (Å²) in [5.41, 5.74) is -0.208. The van der Waals surface area contributed by atoms with Crippen molar-refractivity contribution in [3.05, 3.63) is 63.2 Å². The van der Waals surface area contributed by atoms with Crippen LogP contribution >= 0.6 is 0 Å². The first-order valence-corrected chi connectivity index (χ1v) is 7.05. The van der Waals surface area contributed by atoms with Crippen LogP contribution in [0.15, 0.2) is 46.2 Å². The predicted molar refractivity (Wildman–Crippen MR) is 84.4 cm³/mol.